The third kappa shape index (κ3) is 3.44. The molecular formula is C20H27N3O2. The molecule has 0 bridgehead atoms. The summed E-state index contributed by atoms with van der Waals surface area (Å²) in [5, 5.41) is 4.35. The van der Waals surface area contributed by atoms with E-state index in [-0.39, 0.29) is 11.9 Å². The molecule has 25 heavy (non-hydrogen) atoms. The highest BCUT2D eigenvalue weighted by Crippen LogP contribution is 2.28. The zero-order valence-electron chi connectivity index (χ0n) is 14.9. The van der Waals surface area contributed by atoms with E-state index in [1.807, 2.05) is 31.2 Å². The topological polar surface area (TPSA) is 57.4 Å². The van der Waals surface area contributed by atoms with Crippen LogP contribution in [0.2, 0.25) is 0 Å². The minimum atomic E-state index is 0.0637. The number of aryl methyl sites for hydroxylation is 1. The molecule has 5 nitrogen and oxygen atoms in total. The summed E-state index contributed by atoms with van der Waals surface area (Å²) in [6.45, 7) is 6.74. The number of aromatic nitrogens is 1. The van der Waals surface area contributed by atoms with Gasteiger partial charge in [-0.15, -0.1) is 0 Å². The SMILES string of the molecule is Cc1[nH]c2ccccc2c1C(=O)NC1CCCC1CN1CCOCC1. The summed E-state index contributed by atoms with van der Waals surface area (Å²) >= 11 is 0. The number of amides is 1. The Bertz CT molecular complexity index is 748. The molecule has 134 valence electrons. The number of aromatic amines is 1. The Labute approximate surface area is 148 Å². The molecule has 0 spiro atoms. The summed E-state index contributed by atoms with van der Waals surface area (Å²) in [5.41, 5.74) is 2.77. The maximum absolute atomic E-state index is 13.0. The second-order valence-corrected chi connectivity index (χ2v) is 7.35. The highest BCUT2D eigenvalue weighted by molar-refractivity contribution is 6.08. The van der Waals surface area contributed by atoms with Crippen molar-refractivity contribution in [1.82, 2.24) is 15.2 Å². The molecule has 1 aromatic heterocycles. The Hall–Kier alpha value is -1.85. The predicted octanol–water partition coefficient (Wildman–Crippen LogP) is 2.71. The number of fused-ring (bicyclic) bond motifs is 1. The van der Waals surface area contributed by atoms with Crippen LogP contribution in [0.3, 0.4) is 0 Å². The number of benzene rings is 1. The molecule has 1 aromatic carbocycles. The molecule has 2 unspecified atom stereocenters. The summed E-state index contributed by atoms with van der Waals surface area (Å²) in [5.74, 6) is 0.612. The monoisotopic (exact) mass is 341 g/mol. The van der Waals surface area contributed by atoms with Crippen molar-refractivity contribution in [2.45, 2.75) is 32.2 Å². The van der Waals surface area contributed by atoms with Crippen molar-refractivity contribution in [3.05, 3.63) is 35.5 Å². The Morgan fingerprint density at radius 3 is 2.92 bits per heavy atom. The number of rotatable bonds is 4. The van der Waals surface area contributed by atoms with Crippen LogP contribution in [-0.4, -0.2) is 54.7 Å². The minimum Gasteiger partial charge on any atom is -0.379 e. The fraction of sp³-hybridized carbons (Fsp3) is 0.550. The molecule has 1 amide bonds. The second kappa shape index (κ2) is 7.18. The van der Waals surface area contributed by atoms with Crippen molar-refractivity contribution in [1.29, 1.82) is 0 Å². The van der Waals surface area contributed by atoms with Gasteiger partial charge in [0.1, 0.15) is 0 Å². The lowest BCUT2D eigenvalue weighted by atomic mass is 10.0. The van der Waals surface area contributed by atoms with Crippen LogP contribution in [0.15, 0.2) is 24.3 Å². The van der Waals surface area contributed by atoms with Crippen LogP contribution >= 0.6 is 0 Å². The van der Waals surface area contributed by atoms with E-state index in [0.717, 1.165) is 61.4 Å². The molecule has 2 aliphatic rings. The third-order valence-corrected chi connectivity index (χ3v) is 5.69. The Balaban J connectivity index is 1.46. The molecule has 0 radical (unpaired) electrons. The first kappa shape index (κ1) is 16.6. The van der Waals surface area contributed by atoms with E-state index in [2.05, 4.69) is 15.2 Å². The van der Waals surface area contributed by atoms with Gasteiger partial charge in [0.2, 0.25) is 0 Å². The van der Waals surface area contributed by atoms with E-state index < -0.39 is 0 Å². The molecule has 2 N–H and O–H groups in total. The second-order valence-electron chi connectivity index (χ2n) is 7.35. The maximum Gasteiger partial charge on any atom is 0.253 e. The average Bonchev–Trinajstić information content (AvgIpc) is 3.18. The number of H-pyrrole nitrogens is 1. The highest BCUT2D eigenvalue weighted by Gasteiger charge is 2.31. The molecule has 1 saturated carbocycles. The first-order chi connectivity index (χ1) is 12.2. The molecule has 1 aliphatic carbocycles. The Kier molecular flexibility index (Phi) is 4.77. The smallest absolute Gasteiger partial charge is 0.253 e. The van der Waals surface area contributed by atoms with Crippen LogP contribution in [0.25, 0.3) is 10.9 Å². The molecule has 2 aromatic rings. The van der Waals surface area contributed by atoms with E-state index >= 15 is 0 Å². The summed E-state index contributed by atoms with van der Waals surface area (Å²) < 4.78 is 5.44. The van der Waals surface area contributed by atoms with Gasteiger partial charge in [0.25, 0.3) is 5.91 Å². The number of hydrogen-bond donors (Lipinski definition) is 2. The van der Waals surface area contributed by atoms with Gasteiger partial charge in [-0.1, -0.05) is 24.6 Å². The molecular weight excluding hydrogens is 314 g/mol. The summed E-state index contributed by atoms with van der Waals surface area (Å²) in [6, 6.07) is 8.31. The van der Waals surface area contributed by atoms with E-state index in [1.54, 1.807) is 0 Å². The maximum atomic E-state index is 13.0. The van der Waals surface area contributed by atoms with Gasteiger partial charge in [-0.25, -0.2) is 0 Å². The lowest BCUT2D eigenvalue weighted by Gasteiger charge is -2.31. The van der Waals surface area contributed by atoms with Gasteiger partial charge >= 0.3 is 0 Å². The standard InChI is InChI=1S/C20H27N3O2/c1-14-19(16-6-2-3-7-18(16)21-14)20(24)22-17-8-4-5-15(17)13-23-9-11-25-12-10-23/h2-3,6-7,15,17,21H,4-5,8-13H2,1H3,(H,22,24). The van der Waals surface area contributed by atoms with Crippen molar-refractivity contribution >= 4 is 16.8 Å². The largest absolute Gasteiger partial charge is 0.379 e. The first-order valence-corrected chi connectivity index (χ1v) is 9.40. The highest BCUT2D eigenvalue weighted by atomic mass is 16.5. The van der Waals surface area contributed by atoms with Crippen molar-refractivity contribution in [3.8, 4) is 0 Å². The van der Waals surface area contributed by atoms with Crippen LogP contribution in [0.1, 0.15) is 35.3 Å². The zero-order valence-corrected chi connectivity index (χ0v) is 14.9. The number of carbonyl (C=O) groups excluding carboxylic acids is 1. The number of carbonyl (C=O) groups is 1. The first-order valence-electron chi connectivity index (χ1n) is 9.40. The Morgan fingerprint density at radius 2 is 2.08 bits per heavy atom. The van der Waals surface area contributed by atoms with Gasteiger partial charge in [0.05, 0.1) is 18.8 Å². The van der Waals surface area contributed by atoms with Crippen molar-refractivity contribution in [3.63, 3.8) is 0 Å². The Morgan fingerprint density at radius 1 is 1.28 bits per heavy atom. The fourth-order valence-electron chi connectivity index (χ4n) is 4.37. The van der Waals surface area contributed by atoms with Crippen LogP contribution in [0, 0.1) is 12.8 Å². The molecule has 5 heteroatoms. The quantitative estimate of drug-likeness (QED) is 0.899. The molecule has 1 aliphatic heterocycles. The van der Waals surface area contributed by atoms with Gasteiger partial charge in [0.15, 0.2) is 0 Å². The number of para-hydroxylation sites is 1. The molecule has 2 fully saturated rings. The van der Waals surface area contributed by atoms with Gasteiger partial charge in [-0.05, 0) is 31.7 Å². The van der Waals surface area contributed by atoms with Gasteiger partial charge in [-0.3, -0.25) is 9.69 Å². The molecule has 1 saturated heterocycles. The van der Waals surface area contributed by atoms with Crippen LogP contribution in [0.4, 0.5) is 0 Å². The van der Waals surface area contributed by atoms with E-state index in [0.29, 0.717) is 5.92 Å². The summed E-state index contributed by atoms with van der Waals surface area (Å²) in [7, 11) is 0. The third-order valence-electron chi connectivity index (χ3n) is 5.69. The van der Waals surface area contributed by atoms with Gasteiger partial charge < -0.3 is 15.0 Å². The van der Waals surface area contributed by atoms with Crippen molar-refractivity contribution in [2.75, 3.05) is 32.8 Å². The molecule has 4 rings (SSSR count). The lowest BCUT2D eigenvalue weighted by molar-refractivity contribution is 0.0291. The summed E-state index contributed by atoms with van der Waals surface area (Å²) in [6.07, 6.45) is 3.49. The van der Waals surface area contributed by atoms with E-state index in [1.165, 1.54) is 12.8 Å². The van der Waals surface area contributed by atoms with E-state index in [4.69, 9.17) is 4.74 Å². The number of morpholine rings is 1. The zero-order chi connectivity index (χ0) is 17.2. The minimum absolute atomic E-state index is 0.0637. The number of nitrogens with one attached hydrogen (secondary N) is 2. The van der Waals surface area contributed by atoms with Crippen LogP contribution < -0.4 is 5.32 Å². The van der Waals surface area contributed by atoms with Crippen molar-refractivity contribution < 1.29 is 9.53 Å². The summed E-state index contributed by atoms with van der Waals surface area (Å²) in [4.78, 5) is 18.8. The average molecular weight is 341 g/mol. The lowest BCUT2D eigenvalue weighted by Crippen LogP contribution is -2.45. The fourth-order valence-corrected chi connectivity index (χ4v) is 4.37. The van der Waals surface area contributed by atoms with Gasteiger partial charge in [-0.2, -0.15) is 0 Å². The van der Waals surface area contributed by atoms with Crippen LogP contribution in [-0.2, 0) is 4.74 Å². The molecule has 2 atom stereocenters. The number of nitrogens with zero attached hydrogens (tertiary/aromatic N) is 1. The molecule has 2 heterocycles. The van der Waals surface area contributed by atoms with Crippen molar-refractivity contribution in [2.24, 2.45) is 5.92 Å². The predicted molar refractivity (Wildman–Crippen MR) is 98.9 cm³/mol. The normalized spacial score (nSPS) is 24.7. The number of ether oxygens (including phenoxy) is 1. The number of hydrogen-bond acceptors (Lipinski definition) is 3. The van der Waals surface area contributed by atoms with Crippen LogP contribution in [0.5, 0.6) is 0 Å². The van der Waals surface area contributed by atoms with E-state index in [9.17, 15) is 4.79 Å². The van der Waals surface area contributed by atoms with Gasteiger partial charge in [0, 0.05) is 42.3 Å².